The highest BCUT2D eigenvalue weighted by Crippen LogP contribution is 2.47. The van der Waals surface area contributed by atoms with E-state index in [1.165, 1.54) is 7.11 Å². The lowest BCUT2D eigenvalue weighted by atomic mass is 10.1. The van der Waals surface area contributed by atoms with Gasteiger partial charge in [0, 0.05) is 24.6 Å². The Morgan fingerprint density at radius 1 is 1.09 bits per heavy atom. The minimum absolute atomic E-state index is 0.0816. The van der Waals surface area contributed by atoms with Crippen molar-refractivity contribution in [2.75, 3.05) is 17.7 Å². The van der Waals surface area contributed by atoms with E-state index < -0.39 is 29.6 Å². The molecule has 3 aromatic rings. The van der Waals surface area contributed by atoms with Crippen LogP contribution in [0, 0.1) is 0 Å². The first-order valence-electron chi connectivity index (χ1n) is 9.59. The molecule has 0 atom stereocenters. The molecule has 0 radical (unpaired) electrons. The summed E-state index contributed by atoms with van der Waals surface area (Å²) >= 11 is 0. The summed E-state index contributed by atoms with van der Waals surface area (Å²) in [4.78, 5) is 17.0. The number of nitrogens with zero attached hydrogens (tertiary/aromatic N) is 1. The maximum Gasteiger partial charge on any atom is 0.540 e. The molecule has 33 heavy (non-hydrogen) atoms. The molecule has 0 saturated carbocycles. The fourth-order valence-electron chi connectivity index (χ4n) is 3.25. The molecule has 2 N–H and O–H groups in total. The van der Waals surface area contributed by atoms with E-state index in [0.29, 0.717) is 12.2 Å². The molecular formula is C22H17F4N3O4. The Kier molecular flexibility index (Phi) is 5.81. The van der Waals surface area contributed by atoms with Crippen LogP contribution in [0.15, 0.2) is 60.9 Å². The number of methoxy groups -OCH3 is 1. The number of hydrogen-bond acceptors (Lipinski definition) is 6. The Hall–Kier alpha value is -3.86. The molecule has 0 saturated heterocycles. The number of hydrogen-bond donors (Lipinski definition) is 2. The van der Waals surface area contributed by atoms with Crippen molar-refractivity contribution >= 4 is 17.3 Å². The summed E-state index contributed by atoms with van der Waals surface area (Å²) in [6.45, 7) is 0.379. The molecule has 0 spiro atoms. The minimum Gasteiger partial charge on any atom is -0.496 e. The molecule has 0 bridgehead atoms. The number of aromatic nitrogens is 1. The summed E-state index contributed by atoms with van der Waals surface area (Å²) < 4.78 is 67.4. The Morgan fingerprint density at radius 3 is 2.58 bits per heavy atom. The standard InChI is InChI=1S/C22H17F4N3O4/c1-31-18-4-2-3-16(28-12-13-7-9-27-10-8-13)19(18)20(30)29-14-5-6-17-15(11-14)21(23,24)33-22(25,26)32-17/h2-11,28H,12H2,1H3,(H,29,30). The summed E-state index contributed by atoms with van der Waals surface area (Å²) in [7, 11) is 1.38. The molecule has 11 heteroatoms. The minimum atomic E-state index is -4.48. The molecular weight excluding hydrogens is 446 g/mol. The van der Waals surface area contributed by atoms with Crippen molar-refractivity contribution in [2.45, 2.75) is 18.9 Å². The second-order valence-electron chi connectivity index (χ2n) is 6.94. The zero-order valence-electron chi connectivity index (χ0n) is 17.1. The van der Waals surface area contributed by atoms with Gasteiger partial charge in [0.2, 0.25) is 0 Å². The molecule has 1 amide bonds. The van der Waals surface area contributed by atoms with Crippen molar-refractivity contribution in [1.29, 1.82) is 0 Å². The molecule has 1 aliphatic rings. The van der Waals surface area contributed by atoms with Crippen LogP contribution in [0.2, 0.25) is 0 Å². The van der Waals surface area contributed by atoms with E-state index in [1.807, 2.05) is 0 Å². The van der Waals surface area contributed by atoms with Crippen LogP contribution in [-0.2, 0) is 17.4 Å². The van der Waals surface area contributed by atoms with Crippen LogP contribution < -0.4 is 20.1 Å². The summed E-state index contributed by atoms with van der Waals surface area (Å²) in [5, 5.41) is 5.61. The maximum atomic E-state index is 14.0. The van der Waals surface area contributed by atoms with Crippen molar-refractivity contribution in [3.8, 4) is 11.5 Å². The van der Waals surface area contributed by atoms with E-state index in [0.717, 1.165) is 23.8 Å². The van der Waals surface area contributed by atoms with Crippen molar-refractivity contribution < 1.29 is 36.6 Å². The van der Waals surface area contributed by atoms with Crippen LogP contribution in [0.3, 0.4) is 0 Å². The summed E-state index contributed by atoms with van der Waals surface area (Å²) in [6, 6.07) is 11.4. The van der Waals surface area contributed by atoms with Gasteiger partial charge >= 0.3 is 12.4 Å². The van der Waals surface area contributed by atoms with Gasteiger partial charge in [-0.05, 0) is 48.0 Å². The van der Waals surface area contributed by atoms with E-state index in [9.17, 15) is 22.4 Å². The van der Waals surface area contributed by atoms with Crippen molar-refractivity contribution in [3.05, 3.63) is 77.6 Å². The number of pyridine rings is 1. The van der Waals surface area contributed by atoms with E-state index in [-0.39, 0.29) is 17.0 Å². The molecule has 4 rings (SSSR count). The average molecular weight is 463 g/mol. The van der Waals surface area contributed by atoms with Crippen molar-refractivity contribution in [1.82, 2.24) is 4.98 Å². The van der Waals surface area contributed by atoms with Gasteiger partial charge in [-0.15, -0.1) is 8.78 Å². The average Bonchev–Trinajstić information content (AvgIpc) is 2.77. The molecule has 2 aromatic carbocycles. The quantitative estimate of drug-likeness (QED) is 0.503. The number of carbonyl (C=O) groups is 1. The number of ether oxygens (including phenoxy) is 3. The van der Waals surface area contributed by atoms with E-state index in [4.69, 9.17) is 4.74 Å². The normalized spacial score (nSPS) is 15.7. The predicted molar refractivity (Wildman–Crippen MR) is 110 cm³/mol. The summed E-state index contributed by atoms with van der Waals surface area (Å²) in [5.41, 5.74) is 0.438. The number of anilines is 2. The zero-order chi connectivity index (χ0) is 23.6. The smallest absolute Gasteiger partial charge is 0.496 e. The lowest BCUT2D eigenvalue weighted by molar-refractivity contribution is -0.461. The fourth-order valence-corrected chi connectivity index (χ4v) is 3.25. The summed E-state index contributed by atoms with van der Waals surface area (Å²) in [6.07, 6.45) is -5.54. The third-order valence-corrected chi connectivity index (χ3v) is 4.73. The van der Waals surface area contributed by atoms with Gasteiger partial charge in [0.25, 0.3) is 5.91 Å². The summed E-state index contributed by atoms with van der Waals surface area (Å²) in [5.74, 6) is -1.19. The topological polar surface area (TPSA) is 81.7 Å². The number of benzene rings is 2. The van der Waals surface area contributed by atoms with Crippen molar-refractivity contribution in [2.24, 2.45) is 0 Å². The molecule has 0 aliphatic carbocycles. The number of fused-ring (bicyclic) bond motifs is 1. The molecule has 1 aliphatic heterocycles. The van der Waals surface area contributed by atoms with Gasteiger partial charge in [0.15, 0.2) is 0 Å². The van der Waals surface area contributed by atoms with Crippen LogP contribution in [0.4, 0.5) is 28.9 Å². The van der Waals surface area contributed by atoms with Gasteiger partial charge in [-0.3, -0.25) is 9.78 Å². The first-order chi connectivity index (χ1) is 15.7. The van der Waals surface area contributed by atoms with Crippen LogP contribution >= 0.6 is 0 Å². The molecule has 7 nitrogen and oxygen atoms in total. The number of alkyl halides is 4. The van der Waals surface area contributed by atoms with Crippen LogP contribution in [-0.4, -0.2) is 24.3 Å². The largest absolute Gasteiger partial charge is 0.540 e. The number of rotatable bonds is 6. The Morgan fingerprint density at radius 2 is 1.85 bits per heavy atom. The van der Waals surface area contributed by atoms with E-state index in [2.05, 4.69) is 25.1 Å². The number of nitrogens with one attached hydrogen (secondary N) is 2. The van der Waals surface area contributed by atoms with Gasteiger partial charge in [-0.25, -0.2) is 4.74 Å². The number of amides is 1. The monoisotopic (exact) mass is 463 g/mol. The van der Waals surface area contributed by atoms with Gasteiger partial charge in [0.05, 0.1) is 18.4 Å². The van der Waals surface area contributed by atoms with Crippen LogP contribution in [0.5, 0.6) is 11.5 Å². The first-order valence-corrected chi connectivity index (χ1v) is 9.59. The van der Waals surface area contributed by atoms with Gasteiger partial charge in [-0.2, -0.15) is 8.78 Å². The molecule has 2 heterocycles. The molecule has 0 fully saturated rings. The van der Waals surface area contributed by atoms with Crippen molar-refractivity contribution in [3.63, 3.8) is 0 Å². The maximum absolute atomic E-state index is 14.0. The second-order valence-corrected chi connectivity index (χ2v) is 6.94. The lowest BCUT2D eigenvalue weighted by Crippen LogP contribution is -2.41. The third-order valence-electron chi connectivity index (χ3n) is 4.73. The Balaban J connectivity index is 1.60. The lowest BCUT2D eigenvalue weighted by Gasteiger charge is -2.30. The third kappa shape index (κ3) is 4.82. The van der Waals surface area contributed by atoms with Crippen LogP contribution in [0.25, 0.3) is 0 Å². The number of carbonyl (C=O) groups excluding carboxylic acids is 1. The Bertz CT molecular complexity index is 1180. The highest BCUT2D eigenvalue weighted by Gasteiger charge is 2.54. The number of halogens is 4. The highest BCUT2D eigenvalue weighted by molar-refractivity contribution is 6.10. The predicted octanol–water partition coefficient (Wildman–Crippen LogP) is 4.96. The zero-order valence-corrected chi connectivity index (χ0v) is 17.1. The molecule has 0 unspecified atom stereocenters. The van der Waals surface area contributed by atoms with Gasteiger partial charge < -0.3 is 20.1 Å². The van der Waals surface area contributed by atoms with Crippen LogP contribution in [0.1, 0.15) is 21.5 Å². The molecule has 172 valence electrons. The van der Waals surface area contributed by atoms with E-state index in [1.54, 1.807) is 42.7 Å². The van der Waals surface area contributed by atoms with Gasteiger partial charge in [-0.1, -0.05) is 6.07 Å². The first kappa shape index (κ1) is 22.3. The highest BCUT2D eigenvalue weighted by atomic mass is 19.3. The Labute approximate surface area is 185 Å². The molecule has 1 aromatic heterocycles. The van der Waals surface area contributed by atoms with Gasteiger partial charge in [0.1, 0.15) is 17.1 Å². The second kappa shape index (κ2) is 8.58. The van der Waals surface area contributed by atoms with E-state index >= 15 is 0 Å². The SMILES string of the molecule is COc1cccc(NCc2ccncc2)c1C(=O)Nc1ccc2c(c1)C(F)(F)OC(F)(F)O2. The fraction of sp³-hybridized carbons (Fsp3) is 0.182.